The standard InChI is InChI=1S/C13H15F3N2O3/c1-8-3-4-10(5-9(8)2)17-12(21)18(6-11(19)20)7-13(14,15)16/h3-5H,6-7H2,1-2H3,(H,17,21)(H,19,20). The van der Waals surface area contributed by atoms with E-state index >= 15 is 0 Å². The van der Waals surface area contributed by atoms with Crippen molar-refractivity contribution in [1.82, 2.24) is 4.90 Å². The van der Waals surface area contributed by atoms with Crippen molar-refractivity contribution in [3.63, 3.8) is 0 Å². The molecule has 0 aromatic heterocycles. The lowest BCUT2D eigenvalue weighted by Crippen LogP contribution is -2.44. The summed E-state index contributed by atoms with van der Waals surface area (Å²) >= 11 is 0. The SMILES string of the molecule is Cc1ccc(NC(=O)N(CC(=O)O)CC(F)(F)F)cc1C. The lowest BCUT2D eigenvalue weighted by molar-refractivity contribution is -0.148. The third kappa shape index (κ3) is 5.72. The topological polar surface area (TPSA) is 69.6 Å². The molecular weight excluding hydrogens is 289 g/mol. The van der Waals surface area contributed by atoms with Gasteiger partial charge in [-0.25, -0.2) is 4.79 Å². The fourth-order valence-corrected chi connectivity index (χ4v) is 1.60. The number of alkyl halides is 3. The first-order valence-corrected chi connectivity index (χ1v) is 6.00. The highest BCUT2D eigenvalue weighted by Gasteiger charge is 2.34. The molecule has 0 heterocycles. The number of hydrogen-bond acceptors (Lipinski definition) is 2. The highest BCUT2D eigenvalue weighted by molar-refractivity contribution is 5.91. The van der Waals surface area contributed by atoms with Crippen molar-refractivity contribution in [2.24, 2.45) is 0 Å². The highest BCUT2D eigenvalue weighted by atomic mass is 19.4. The first kappa shape index (κ1) is 16.8. The smallest absolute Gasteiger partial charge is 0.406 e. The molecule has 8 heteroatoms. The number of carbonyl (C=O) groups excluding carboxylic acids is 1. The quantitative estimate of drug-likeness (QED) is 0.898. The van der Waals surface area contributed by atoms with E-state index in [2.05, 4.69) is 5.32 Å². The molecule has 0 spiro atoms. The third-order valence-corrected chi connectivity index (χ3v) is 2.74. The van der Waals surface area contributed by atoms with Gasteiger partial charge in [0.25, 0.3) is 0 Å². The van der Waals surface area contributed by atoms with Crippen LogP contribution < -0.4 is 5.32 Å². The van der Waals surface area contributed by atoms with E-state index in [0.717, 1.165) is 11.1 Å². The number of urea groups is 1. The van der Waals surface area contributed by atoms with E-state index in [1.807, 2.05) is 6.92 Å². The first-order chi connectivity index (χ1) is 9.58. The summed E-state index contributed by atoms with van der Waals surface area (Å²) in [4.78, 5) is 22.5. The molecule has 0 saturated carbocycles. The number of aliphatic carboxylic acids is 1. The van der Waals surface area contributed by atoms with Gasteiger partial charge in [0.2, 0.25) is 0 Å². The maximum Gasteiger partial charge on any atom is 0.406 e. The number of amides is 2. The van der Waals surface area contributed by atoms with Gasteiger partial charge in [-0.3, -0.25) is 4.79 Å². The van der Waals surface area contributed by atoms with Crippen LogP contribution in [0.1, 0.15) is 11.1 Å². The molecule has 2 amide bonds. The molecule has 5 nitrogen and oxygen atoms in total. The van der Waals surface area contributed by atoms with Crippen LogP contribution in [0.3, 0.4) is 0 Å². The number of benzene rings is 1. The summed E-state index contributed by atoms with van der Waals surface area (Å²) in [6, 6.07) is 3.72. The van der Waals surface area contributed by atoms with Crippen LogP contribution in [0.5, 0.6) is 0 Å². The van der Waals surface area contributed by atoms with Crippen molar-refractivity contribution < 1.29 is 27.9 Å². The summed E-state index contributed by atoms with van der Waals surface area (Å²) < 4.78 is 37.1. The van der Waals surface area contributed by atoms with Crippen LogP contribution in [-0.4, -0.2) is 41.3 Å². The van der Waals surface area contributed by atoms with E-state index in [1.165, 1.54) is 6.07 Å². The molecule has 0 atom stereocenters. The second kappa shape index (κ2) is 6.47. The molecule has 1 aromatic rings. The zero-order valence-electron chi connectivity index (χ0n) is 11.5. The number of nitrogens with one attached hydrogen (secondary N) is 1. The molecule has 0 bridgehead atoms. The van der Waals surface area contributed by atoms with Gasteiger partial charge in [0.15, 0.2) is 0 Å². The van der Waals surface area contributed by atoms with Gasteiger partial charge in [0.1, 0.15) is 13.1 Å². The minimum atomic E-state index is -4.67. The molecule has 0 saturated heterocycles. The first-order valence-electron chi connectivity index (χ1n) is 6.00. The van der Waals surface area contributed by atoms with Gasteiger partial charge >= 0.3 is 18.2 Å². The number of carbonyl (C=O) groups is 2. The van der Waals surface area contributed by atoms with Gasteiger partial charge in [-0.05, 0) is 37.1 Å². The minimum absolute atomic E-state index is 0.192. The summed E-state index contributed by atoms with van der Waals surface area (Å²) in [6.45, 7) is 0.975. The number of hydrogen-bond donors (Lipinski definition) is 2. The van der Waals surface area contributed by atoms with Crippen molar-refractivity contribution in [2.45, 2.75) is 20.0 Å². The monoisotopic (exact) mass is 304 g/mol. The summed E-state index contributed by atoms with van der Waals surface area (Å²) in [5, 5.41) is 10.8. The Hall–Kier alpha value is -2.25. The molecular formula is C13H15F3N2O3. The average molecular weight is 304 g/mol. The molecule has 1 rings (SSSR count). The number of rotatable bonds is 4. The summed E-state index contributed by atoms with van der Waals surface area (Å²) in [7, 11) is 0. The van der Waals surface area contributed by atoms with E-state index in [-0.39, 0.29) is 4.90 Å². The average Bonchev–Trinajstić information content (AvgIpc) is 2.30. The Balaban J connectivity index is 2.84. The van der Waals surface area contributed by atoms with Crippen molar-refractivity contribution in [3.05, 3.63) is 29.3 Å². The normalized spacial score (nSPS) is 11.1. The number of aryl methyl sites for hydroxylation is 2. The fourth-order valence-electron chi connectivity index (χ4n) is 1.60. The molecule has 2 N–H and O–H groups in total. The molecule has 0 aliphatic carbocycles. The Morgan fingerprint density at radius 3 is 2.33 bits per heavy atom. The van der Waals surface area contributed by atoms with Gasteiger partial charge in [0, 0.05) is 5.69 Å². The highest BCUT2D eigenvalue weighted by Crippen LogP contribution is 2.18. The van der Waals surface area contributed by atoms with Crippen LogP contribution in [0.2, 0.25) is 0 Å². The molecule has 1 aromatic carbocycles. The predicted octanol–water partition coefficient (Wildman–Crippen LogP) is 2.78. The predicted molar refractivity (Wildman–Crippen MR) is 70.2 cm³/mol. The van der Waals surface area contributed by atoms with Crippen molar-refractivity contribution in [2.75, 3.05) is 18.4 Å². The third-order valence-electron chi connectivity index (χ3n) is 2.74. The van der Waals surface area contributed by atoms with Gasteiger partial charge in [-0.2, -0.15) is 13.2 Å². The van der Waals surface area contributed by atoms with Gasteiger partial charge in [-0.15, -0.1) is 0 Å². The minimum Gasteiger partial charge on any atom is -0.480 e. The number of carboxylic acid groups (broad SMARTS) is 1. The van der Waals surface area contributed by atoms with E-state index in [4.69, 9.17) is 5.11 Å². The zero-order chi connectivity index (χ0) is 16.2. The molecule has 0 radical (unpaired) electrons. The van der Waals surface area contributed by atoms with E-state index in [9.17, 15) is 22.8 Å². The second-order valence-electron chi connectivity index (χ2n) is 4.59. The molecule has 116 valence electrons. The lowest BCUT2D eigenvalue weighted by atomic mass is 10.1. The number of carboxylic acids is 1. The summed E-state index contributed by atoms with van der Waals surface area (Å²) in [6.07, 6.45) is -4.67. The molecule has 21 heavy (non-hydrogen) atoms. The van der Waals surface area contributed by atoms with Crippen LogP contribution in [-0.2, 0) is 4.79 Å². The second-order valence-corrected chi connectivity index (χ2v) is 4.59. The Kier molecular flexibility index (Phi) is 5.17. The Labute approximate surface area is 119 Å². The summed E-state index contributed by atoms with van der Waals surface area (Å²) in [5.41, 5.74) is 2.12. The van der Waals surface area contributed by atoms with Crippen LogP contribution in [0.15, 0.2) is 18.2 Å². The maximum atomic E-state index is 12.4. The van der Waals surface area contributed by atoms with Crippen molar-refractivity contribution in [3.8, 4) is 0 Å². The van der Waals surface area contributed by atoms with E-state index in [0.29, 0.717) is 5.69 Å². The number of anilines is 1. The molecule has 0 unspecified atom stereocenters. The van der Waals surface area contributed by atoms with Crippen LogP contribution >= 0.6 is 0 Å². The summed E-state index contributed by atoms with van der Waals surface area (Å²) in [5.74, 6) is -1.52. The van der Waals surface area contributed by atoms with Gasteiger partial charge in [-0.1, -0.05) is 6.07 Å². The van der Waals surface area contributed by atoms with Crippen molar-refractivity contribution >= 4 is 17.7 Å². The van der Waals surface area contributed by atoms with E-state index < -0.39 is 31.3 Å². The molecule has 0 fully saturated rings. The lowest BCUT2D eigenvalue weighted by Gasteiger charge is -2.22. The Morgan fingerprint density at radius 1 is 1.24 bits per heavy atom. The maximum absolute atomic E-state index is 12.4. The van der Waals surface area contributed by atoms with Gasteiger partial charge < -0.3 is 15.3 Å². The Bertz CT molecular complexity index is 544. The molecule has 0 aliphatic rings. The van der Waals surface area contributed by atoms with Crippen molar-refractivity contribution in [1.29, 1.82) is 0 Å². The Morgan fingerprint density at radius 2 is 1.86 bits per heavy atom. The number of halogens is 3. The van der Waals surface area contributed by atoms with Crippen LogP contribution in [0.4, 0.5) is 23.7 Å². The van der Waals surface area contributed by atoms with Gasteiger partial charge in [0.05, 0.1) is 0 Å². The van der Waals surface area contributed by atoms with E-state index in [1.54, 1.807) is 19.1 Å². The van der Waals surface area contributed by atoms with Crippen LogP contribution in [0, 0.1) is 13.8 Å². The molecule has 0 aliphatic heterocycles. The van der Waals surface area contributed by atoms with Crippen LogP contribution in [0.25, 0.3) is 0 Å². The fraction of sp³-hybridized carbons (Fsp3) is 0.385. The largest absolute Gasteiger partial charge is 0.480 e. The zero-order valence-corrected chi connectivity index (χ0v) is 11.5. The number of nitrogens with zero attached hydrogens (tertiary/aromatic N) is 1.